The van der Waals surface area contributed by atoms with Crippen molar-refractivity contribution in [3.8, 4) is 16.9 Å². The Labute approximate surface area is 264 Å². The van der Waals surface area contributed by atoms with Crippen LogP contribution < -0.4 is 5.14 Å². The SMILES string of the molecule is C[C@]12CC[C@@H]3c4ccc(O)cc4CC[C@H]3[C@@H]1CC[C@@H]2OC(=O)[C@@H]1CCCN1C(=O)c1cccc(-c2ccc(S(N)(=O)=O)cc2)c1. The Kier molecular flexibility index (Phi) is 7.52. The number of likely N-dealkylation sites (tertiary alicyclic amines) is 1. The molecule has 1 amide bonds. The van der Waals surface area contributed by atoms with Crippen LogP contribution in [0.4, 0.5) is 0 Å². The van der Waals surface area contributed by atoms with E-state index < -0.39 is 16.1 Å². The van der Waals surface area contributed by atoms with E-state index in [4.69, 9.17) is 9.88 Å². The molecular formula is C36H40N2O6S. The zero-order valence-corrected chi connectivity index (χ0v) is 26.3. The minimum atomic E-state index is -3.80. The van der Waals surface area contributed by atoms with Crippen LogP contribution in [0.1, 0.15) is 79.3 Å². The van der Waals surface area contributed by atoms with Crippen LogP contribution in [0.15, 0.2) is 71.6 Å². The quantitative estimate of drug-likeness (QED) is 0.345. The van der Waals surface area contributed by atoms with E-state index in [2.05, 4.69) is 13.0 Å². The van der Waals surface area contributed by atoms with Gasteiger partial charge in [0.15, 0.2) is 0 Å². The third-order valence-electron chi connectivity index (χ3n) is 11.3. The number of phenols is 1. The van der Waals surface area contributed by atoms with Gasteiger partial charge in [0.25, 0.3) is 5.91 Å². The number of nitrogens with two attached hydrogens (primary N) is 1. The summed E-state index contributed by atoms with van der Waals surface area (Å²) in [7, 11) is -3.80. The largest absolute Gasteiger partial charge is 0.508 e. The molecule has 6 atom stereocenters. The average Bonchev–Trinajstić information content (AvgIpc) is 3.65. The molecule has 4 aliphatic rings. The molecule has 3 fully saturated rings. The van der Waals surface area contributed by atoms with Crippen LogP contribution in [0.2, 0.25) is 0 Å². The lowest BCUT2D eigenvalue weighted by Crippen LogP contribution is -2.47. The van der Waals surface area contributed by atoms with Crippen LogP contribution in [-0.4, -0.2) is 49.0 Å². The van der Waals surface area contributed by atoms with Crippen LogP contribution in [-0.2, 0) is 26.0 Å². The normalized spacial score (nSPS) is 29.0. The van der Waals surface area contributed by atoms with Crippen molar-refractivity contribution in [1.29, 1.82) is 0 Å². The van der Waals surface area contributed by atoms with Crippen molar-refractivity contribution in [3.05, 3.63) is 83.4 Å². The number of phenolic OH excluding ortho intramolecular Hbond substituents is 1. The van der Waals surface area contributed by atoms with Crippen LogP contribution >= 0.6 is 0 Å². The van der Waals surface area contributed by atoms with Crippen molar-refractivity contribution >= 4 is 21.9 Å². The monoisotopic (exact) mass is 628 g/mol. The summed E-state index contributed by atoms with van der Waals surface area (Å²) in [4.78, 5) is 29.2. The minimum Gasteiger partial charge on any atom is -0.508 e. The predicted octanol–water partition coefficient (Wildman–Crippen LogP) is 5.78. The molecule has 45 heavy (non-hydrogen) atoms. The highest BCUT2D eigenvalue weighted by Crippen LogP contribution is 2.61. The van der Waals surface area contributed by atoms with Gasteiger partial charge in [0.1, 0.15) is 17.9 Å². The number of sulfonamides is 1. The molecule has 0 unspecified atom stereocenters. The van der Waals surface area contributed by atoms with E-state index in [0.717, 1.165) is 56.1 Å². The van der Waals surface area contributed by atoms with E-state index in [-0.39, 0.29) is 28.3 Å². The number of carbonyl (C=O) groups excluding carboxylic acids is 2. The molecule has 2 saturated carbocycles. The second-order valence-corrected chi connectivity index (χ2v) is 15.2. The number of benzene rings is 3. The first-order valence-corrected chi connectivity index (χ1v) is 17.6. The Morgan fingerprint density at radius 1 is 0.956 bits per heavy atom. The molecule has 1 saturated heterocycles. The van der Waals surface area contributed by atoms with Gasteiger partial charge in [-0.1, -0.05) is 37.3 Å². The molecule has 1 aliphatic heterocycles. The molecule has 0 radical (unpaired) electrons. The number of fused-ring (bicyclic) bond motifs is 5. The molecule has 236 valence electrons. The topological polar surface area (TPSA) is 127 Å². The summed E-state index contributed by atoms with van der Waals surface area (Å²) in [6.45, 7) is 2.80. The Morgan fingerprint density at radius 2 is 1.76 bits per heavy atom. The highest BCUT2D eigenvalue weighted by Gasteiger charge is 2.56. The van der Waals surface area contributed by atoms with E-state index in [1.54, 1.807) is 35.2 Å². The van der Waals surface area contributed by atoms with Crippen molar-refractivity contribution in [3.63, 3.8) is 0 Å². The fourth-order valence-electron chi connectivity index (χ4n) is 9.02. The lowest BCUT2D eigenvalue weighted by molar-refractivity contribution is -0.162. The Balaban J connectivity index is 1.04. The molecule has 3 aromatic rings. The van der Waals surface area contributed by atoms with Crippen molar-refractivity contribution in [2.24, 2.45) is 22.4 Å². The second-order valence-electron chi connectivity index (χ2n) is 13.7. The molecule has 3 N–H and O–H groups in total. The summed E-state index contributed by atoms with van der Waals surface area (Å²) in [5.74, 6) is 1.36. The van der Waals surface area contributed by atoms with Crippen LogP contribution in [0, 0.1) is 17.3 Å². The molecule has 8 nitrogen and oxygen atoms in total. The van der Waals surface area contributed by atoms with Crippen LogP contribution in [0.5, 0.6) is 5.75 Å². The van der Waals surface area contributed by atoms with Gasteiger partial charge >= 0.3 is 5.97 Å². The molecule has 9 heteroatoms. The van der Waals surface area contributed by atoms with Gasteiger partial charge in [-0.15, -0.1) is 0 Å². The summed E-state index contributed by atoms with van der Waals surface area (Å²) in [5, 5.41) is 15.2. The molecule has 1 heterocycles. The standard InChI is InChI=1S/C36H40N2O6S/c1-36-18-17-29-28-14-10-26(39)21-24(28)9-13-30(29)31(36)15-16-33(36)44-35(41)32-6-3-19-38(32)34(40)25-5-2-4-23(20-25)22-7-11-27(12-8-22)45(37,42)43/h2,4-5,7-8,10-12,14,20-21,29-33,39H,3,6,9,13,15-19H2,1H3,(H2,37,42,43)/t29-,30-,31+,32+,33+,36+/m1/s1. The Bertz CT molecular complexity index is 1760. The smallest absolute Gasteiger partial charge is 0.329 e. The van der Waals surface area contributed by atoms with Crippen molar-refractivity contribution in [1.82, 2.24) is 4.90 Å². The zero-order chi connectivity index (χ0) is 31.5. The minimum absolute atomic E-state index is 0.0256. The summed E-state index contributed by atoms with van der Waals surface area (Å²) >= 11 is 0. The van der Waals surface area contributed by atoms with Crippen molar-refractivity contribution in [2.45, 2.75) is 81.2 Å². The van der Waals surface area contributed by atoms with Gasteiger partial charge in [0.2, 0.25) is 10.0 Å². The van der Waals surface area contributed by atoms with E-state index in [1.807, 2.05) is 18.2 Å². The average molecular weight is 629 g/mol. The van der Waals surface area contributed by atoms with E-state index in [0.29, 0.717) is 42.0 Å². The van der Waals surface area contributed by atoms with E-state index >= 15 is 0 Å². The van der Waals surface area contributed by atoms with Gasteiger partial charge in [-0.3, -0.25) is 4.79 Å². The van der Waals surface area contributed by atoms with Crippen LogP contribution in [0.25, 0.3) is 11.1 Å². The first-order valence-electron chi connectivity index (χ1n) is 16.1. The lowest BCUT2D eigenvalue weighted by Gasteiger charge is -2.50. The van der Waals surface area contributed by atoms with Gasteiger partial charge in [0, 0.05) is 17.5 Å². The number of nitrogens with zero attached hydrogens (tertiary/aromatic N) is 1. The Morgan fingerprint density at radius 3 is 2.53 bits per heavy atom. The van der Waals surface area contributed by atoms with Gasteiger partial charge in [-0.25, -0.2) is 18.4 Å². The summed E-state index contributed by atoms with van der Waals surface area (Å²) in [6, 6.07) is 18.7. The third kappa shape index (κ3) is 5.33. The van der Waals surface area contributed by atoms with Gasteiger partial charge in [-0.2, -0.15) is 0 Å². The van der Waals surface area contributed by atoms with Crippen LogP contribution in [0.3, 0.4) is 0 Å². The fraction of sp³-hybridized carbons (Fsp3) is 0.444. The number of carbonyl (C=O) groups is 2. The number of esters is 1. The number of primary sulfonamides is 1. The number of hydrogen-bond acceptors (Lipinski definition) is 6. The maximum Gasteiger partial charge on any atom is 0.329 e. The number of hydrogen-bond donors (Lipinski definition) is 2. The third-order valence-corrected chi connectivity index (χ3v) is 12.2. The number of amides is 1. The highest BCUT2D eigenvalue weighted by molar-refractivity contribution is 7.89. The van der Waals surface area contributed by atoms with Gasteiger partial charge in [0.05, 0.1) is 4.90 Å². The molecule has 0 spiro atoms. The van der Waals surface area contributed by atoms with Gasteiger partial charge < -0.3 is 14.7 Å². The molecule has 0 bridgehead atoms. The summed E-state index contributed by atoms with van der Waals surface area (Å²) in [5.41, 5.74) is 4.58. The van der Waals surface area contributed by atoms with E-state index in [9.17, 15) is 23.1 Å². The molecule has 7 rings (SSSR count). The molecule has 0 aromatic heterocycles. The predicted molar refractivity (Wildman–Crippen MR) is 170 cm³/mol. The summed E-state index contributed by atoms with van der Waals surface area (Å²) < 4.78 is 29.6. The van der Waals surface area contributed by atoms with Crippen molar-refractivity contribution < 1.29 is 27.9 Å². The number of ether oxygens (including phenoxy) is 1. The van der Waals surface area contributed by atoms with Crippen molar-refractivity contribution in [2.75, 3.05) is 6.54 Å². The molecule has 3 aromatic carbocycles. The first-order chi connectivity index (χ1) is 21.5. The van der Waals surface area contributed by atoms with E-state index in [1.165, 1.54) is 23.3 Å². The fourth-order valence-corrected chi connectivity index (χ4v) is 9.54. The molecule has 3 aliphatic carbocycles. The number of aromatic hydroxyl groups is 1. The maximum absolute atomic E-state index is 13.7. The zero-order valence-electron chi connectivity index (χ0n) is 25.5. The summed E-state index contributed by atoms with van der Waals surface area (Å²) in [6.07, 6.45) is 7.19. The number of aryl methyl sites for hydroxylation is 1. The maximum atomic E-state index is 13.7. The second kappa shape index (κ2) is 11.3. The Hall–Kier alpha value is -3.69. The molecular weight excluding hydrogens is 588 g/mol. The van der Waals surface area contributed by atoms with Gasteiger partial charge in [-0.05, 0) is 128 Å². The number of rotatable bonds is 5. The first kappa shape index (κ1) is 30.0. The highest BCUT2D eigenvalue weighted by atomic mass is 32.2. The lowest BCUT2D eigenvalue weighted by atomic mass is 9.55.